The van der Waals surface area contributed by atoms with Gasteiger partial charge in [-0.05, 0) is 64.5 Å². The van der Waals surface area contributed by atoms with Crippen LogP contribution < -0.4 is 0 Å². The van der Waals surface area contributed by atoms with Gasteiger partial charge in [-0.15, -0.1) is 0 Å². The number of aliphatic carboxylic acids is 1. The molecule has 0 saturated heterocycles. The Hall–Kier alpha value is -2.35. The number of hydrogen-bond acceptors (Lipinski definition) is 1. The Labute approximate surface area is 156 Å². The summed E-state index contributed by atoms with van der Waals surface area (Å²) >= 11 is 0. The minimum Gasteiger partial charge on any atom is -0.478 e. The van der Waals surface area contributed by atoms with E-state index in [9.17, 15) is 9.90 Å². The molecule has 0 bridgehead atoms. The summed E-state index contributed by atoms with van der Waals surface area (Å²) in [6.07, 6.45) is 4.14. The van der Waals surface area contributed by atoms with Crippen molar-refractivity contribution >= 4 is 17.6 Å². The Morgan fingerprint density at radius 1 is 0.962 bits per heavy atom. The largest absolute Gasteiger partial charge is 0.478 e. The van der Waals surface area contributed by atoms with Crippen LogP contribution in [0.25, 0.3) is 11.6 Å². The molecule has 0 aromatic heterocycles. The first-order valence-electron chi connectivity index (χ1n) is 9.28. The highest BCUT2D eigenvalue weighted by molar-refractivity contribution is 6.20. The van der Waals surface area contributed by atoms with E-state index in [0.717, 1.165) is 23.1 Å². The van der Waals surface area contributed by atoms with Gasteiger partial charge >= 0.3 is 5.97 Å². The minimum absolute atomic E-state index is 0.108. The van der Waals surface area contributed by atoms with E-state index in [-0.39, 0.29) is 10.8 Å². The van der Waals surface area contributed by atoms with Crippen LogP contribution in [0.15, 0.2) is 42.5 Å². The number of aryl methyl sites for hydroxylation is 1. The molecule has 0 radical (unpaired) electrons. The molecule has 2 nitrogen and oxygen atoms in total. The molecule has 0 heterocycles. The van der Waals surface area contributed by atoms with Gasteiger partial charge in [-0.1, -0.05) is 70.2 Å². The molecule has 0 atom stereocenters. The predicted molar refractivity (Wildman–Crippen MR) is 108 cm³/mol. The van der Waals surface area contributed by atoms with Crippen LogP contribution in [0.4, 0.5) is 0 Å². The summed E-state index contributed by atoms with van der Waals surface area (Å²) in [7, 11) is 0. The molecule has 0 fully saturated rings. The fourth-order valence-corrected chi connectivity index (χ4v) is 3.94. The molecule has 0 aliphatic heterocycles. The van der Waals surface area contributed by atoms with Gasteiger partial charge in [0.15, 0.2) is 0 Å². The Bertz CT molecular complexity index is 871. The highest BCUT2D eigenvalue weighted by Crippen LogP contribution is 2.46. The van der Waals surface area contributed by atoms with E-state index in [1.165, 1.54) is 17.5 Å². The molecule has 2 aromatic rings. The zero-order chi connectivity index (χ0) is 19.1. The van der Waals surface area contributed by atoms with Gasteiger partial charge in [-0.2, -0.15) is 0 Å². The summed E-state index contributed by atoms with van der Waals surface area (Å²) in [5.41, 5.74) is 6.21. The van der Waals surface area contributed by atoms with Gasteiger partial charge in [0.25, 0.3) is 0 Å². The summed E-state index contributed by atoms with van der Waals surface area (Å²) in [4.78, 5) is 11.9. The van der Waals surface area contributed by atoms with E-state index in [1.54, 1.807) is 0 Å². The monoisotopic (exact) mass is 348 g/mol. The Morgan fingerprint density at radius 2 is 1.50 bits per heavy atom. The van der Waals surface area contributed by atoms with Gasteiger partial charge < -0.3 is 5.11 Å². The molecule has 0 spiro atoms. The van der Waals surface area contributed by atoms with E-state index < -0.39 is 5.97 Å². The number of hydrogen-bond donors (Lipinski definition) is 1. The molecular weight excluding hydrogens is 320 g/mol. The van der Waals surface area contributed by atoms with Crippen LogP contribution in [0.5, 0.6) is 0 Å². The zero-order valence-electron chi connectivity index (χ0n) is 16.4. The van der Waals surface area contributed by atoms with E-state index in [0.29, 0.717) is 5.57 Å². The van der Waals surface area contributed by atoms with Crippen LogP contribution in [0.3, 0.4) is 0 Å². The van der Waals surface area contributed by atoms with Crippen molar-refractivity contribution in [1.29, 1.82) is 0 Å². The smallest absolute Gasteiger partial charge is 0.336 e. The number of benzene rings is 2. The van der Waals surface area contributed by atoms with E-state index in [1.807, 2.05) is 36.4 Å². The molecule has 0 amide bonds. The Balaban J connectivity index is 2.19. The first kappa shape index (κ1) is 18.4. The third-order valence-corrected chi connectivity index (χ3v) is 5.85. The van der Waals surface area contributed by atoms with Crippen molar-refractivity contribution in [2.75, 3.05) is 0 Å². The van der Waals surface area contributed by atoms with Crippen LogP contribution in [0.1, 0.15) is 68.4 Å². The molecule has 136 valence electrons. The second kappa shape index (κ2) is 6.42. The quantitative estimate of drug-likeness (QED) is 0.548. The van der Waals surface area contributed by atoms with E-state index in [4.69, 9.17) is 0 Å². The molecule has 3 rings (SSSR count). The van der Waals surface area contributed by atoms with Gasteiger partial charge in [0.05, 0.1) is 5.57 Å². The van der Waals surface area contributed by atoms with Crippen molar-refractivity contribution in [2.45, 2.75) is 58.3 Å². The Kier molecular flexibility index (Phi) is 4.56. The summed E-state index contributed by atoms with van der Waals surface area (Å²) < 4.78 is 0. The standard InChI is InChI=1S/C24H28O2/c1-16-13-20-21(24(4,5)12-11-23(20,2)3)15-18(16)14-19(22(25)26)17-9-7-6-8-10-17/h6-10,13-15H,11-12H2,1-5H3,(H,25,26). The molecule has 1 aliphatic carbocycles. The fourth-order valence-electron chi connectivity index (χ4n) is 3.94. The van der Waals surface area contributed by atoms with Gasteiger partial charge in [0.1, 0.15) is 0 Å². The van der Waals surface area contributed by atoms with Crippen LogP contribution in [0.2, 0.25) is 0 Å². The van der Waals surface area contributed by atoms with Crippen LogP contribution in [-0.2, 0) is 15.6 Å². The van der Waals surface area contributed by atoms with Gasteiger partial charge in [-0.25, -0.2) is 4.79 Å². The van der Waals surface area contributed by atoms with Crippen LogP contribution in [-0.4, -0.2) is 11.1 Å². The molecular formula is C24H28O2. The van der Waals surface area contributed by atoms with Crippen molar-refractivity contribution in [3.05, 3.63) is 70.3 Å². The fraction of sp³-hybridized carbons (Fsp3) is 0.375. The Morgan fingerprint density at radius 3 is 2.04 bits per heavy atom. The van der Waals surface area contributed by atoms with Crippen molar-refractivity contribution < 1.29 is 9.90 Å². The van der Waals surface area contributed by atoms with Gasteiger partial charge in [-0.3, -0.25) is 0 Å². The van der Waals surface area contributed by atoms with Gasteiger partial charge in [0, 0.05) is 0 Å². The zero-order valence-corrected chi connectivity index (χ0v) is 16.4. The van der Waals surface area contributed by atoms with Crippen LogP contribution in [0, 0.1) is 6.92 Å². The number of carboxylic acids is 1. The van der Waals surface area contributed by atoms with Crippen molar-refractivity contribution in [3.8, 4) is 0 Å². The second-order valence-electron chi connectivity index (χ2n) is 8.75. The first-order chi connectivity index (χ1) is 12.1. The summed E-state index contributed by atoms with van der Waals surface area (Å²) in [6.45, 7) is 11.3. The van der Waals surface area contributed by atoms with E-state index >= 15 is 0 Å². The van der Waals surface area contributed by atoms with E-state index in [2.05, 4.69) is 46.8 Å². The lowest BCUT2D eigenvalue weighted by molar-refractivity contribution is -0.130. The maximum Gasteiger partial charge on any atom is 0.336 e. The van der Waals surface area contributed by atoms with Crippen molar-refractivity contribution in [1.82, 2.24) is 0 Å². The minimum atomic E-state index is -0.895. The molecule has 26 heavy (non-hydrogen) atoms. The van der Waals surface area contributed by atoms with Crippen LogP contribution >= 0.6 is 0 Å². The second-order valence-corrected chi connectivity index (χ2v) is 8.75. The lowest BCUT2D eigenvalue weighted by Crippen LogP contribution is -2.34. The topological polar surface area (TPSA) is 37.3 Å². The molecule has 2 aromatic carbocycles. The lowest BCUT2D eigenvalue weighted by Gasteiger charge is -2.42. The molecule has 2 heteroatoms. The number of rotatable bonds is 3. The molecule has 0 unspecified atom stereocenters. The molecule has 0 saturated carbocycles. The summed E-state index contributed by atoms with van der Waals surface area (Å²) in [5, 5.41) is 9.73. The summed E-state index contributed by atoms with van der Waals surface area (Å²) in [5.74, 6) is -0.895. The third kappa shape index (κ3) is 3.33. The van der Waals surface area contributed by atoms with Crippen molar-refractivity contribution in [3.63, 3.8) is 0 Å². The summed E-state index contributed by atoms with van der Waals surface area (Å²) in [6, 6.07) is 13.8. The maximum absolute atomic E-state index is 11.9. The highest BCUT2D eigenvalue weighted by Gasteiger charge is 2.37. The highest BCUT2D eigenvalue weighted by atomic mass is 16.4. The predicted octanol–water partition coefficient (Wildman–Crippen LogP) is 5.97. The third-order valence-electron chi connectivity index (χ3n) is 5.85. The molecule has 1 aliphatic rings. The average molecular weight is 348 g/mol. The normalized spacial score (nSPS) is 18.3. The SMILES string of the molecule is Cc1cc2c(cc1C=C(C(=O)O)c1ccccc1)C(C)(C)CCC2(C)C. The lowest BCUT2D eigenvalue weighted by atomic mass is 9.62. The van der Waals surface area contributed by atoms with Gasteiger partial charge in [0.2, 0.25) is 0 Å². The molecule has 1 N–H and O–H groups in total. The number of carboxylic acid groups (broad SMARTS) is 1. The van der Waals surface area contributed by atoms with Crippen molar-refractivity contribution in [2.24, 2.45) is 0 Å². The number of carbonyl (C=O) groups is 1. The maximum atomic E-state index is 11.9. The average Bonchev–Trinajstić information content (AvgIpc) is 2.58. The number of fused-ring (bicyclic) bond motifs is 1. The first-order valence-corrected chi connectivity index (χ1v) is 9.28.